The van der Waals surface area contributed by atoms with Gasteiger partial charge in [0.25, 0.3) is 5.91 Å². The summed E-state index contributed by atoms with van der Waals surface area (Å²) in [5, 5.41) is 2.85. The van der Waals surface area contributed by atoms with Gasteiger partial charge in [0.1, 0.15) is 10.6 Å². The smallest absolute Gasteiger partial charge is 0.251 e. The van der Waals surface area contributed by atoms with E-state index in [1.54, 1.807) is 24.7 Å². The van der Waals surface area contributed by atoms with Gasteiger partial charge in [0.05, 0.1) is 13.4 Å². The molecule has 30 heavy (non-hydrogen) atoms. The number of carbonyl (C=O) groups excluding carboxylic acids is 1. The molecule has 2 aromatic rings. The van der Waals surface area contributed by atoms with E-state index in [0.717, 1.165) is 19.4 Å². The van der Waals surface area contributed by atoms with Crippen LogP contribution in [0.5, 0.6) is 5.75 Å². The lowest BCUT2D eigenvalue weighted by Crippen LogP contribution is -2.42. The van der Waals surface area contributed by atoms with E-state index >= 15 is 0 Å². The molecule has 1 aromatic carbocycles. The molecule has 1 amide bonds. The molecule has 8 nitrogen and oxygen atoms in total. The minimum absolute atomic E-state index is 0.0392. The predicted molar refractivity (Wildman–Crippen MR) is 114 cm³/mol. The first-order valence-corrected chi connectivity index (χ1v) is 11.7. The number of imidazole rings is 1. The van der Waals surface area contributed by atoms with E-state index in [1.807, 2.05) is 10.8 Å². The lowest BCUT2D eigenvalue weighted by atomic mass is 9.94. The summed E-state index contributed by atoms with van der Waals surface area (Å²) in [5.74, 6) is 0.519. The van der Waals surface area contributed by atoms with Crippen LogP contribution in [0, 0.1) is 11.8 Å². The van der Waals surface area contributed by atoms with Crippen LogP contribution in [0.4, 0.5) is 0 Å². The number of ether oxygens (including phenoxy) is 1. The topological polar surface area (TPSA) is 93.5 Å². The van der Waals surface area contributed by atoms with Crippen molar-refractivity contribution >= 4 is 15.9 Å². The molecule has 1 aromatic heterocycles. The van der Waals surface area contributed by atoms with Gasteiger partial charge in [-0.15, -0.1) is 0 Å². The number of amides is 1. The monoisotopic (exact) mass is 434 g/mol. The number of sulfonamides is 1. The van der Waals surface area contributed by atoms with Crippen molar-refractivity contribution in [2.24, 2.45) is 11.8 Å². The van der Waals surface area contributed by atoms with Crippen LogP contribution in [0.1, 0.15) is 37.0 Å². The average Bonchev–Trinajstić information content (AvgIpc) is 3.23. The van der Waals surface area contributed by atoms with Crippen LogP contribution in [0.15, 0.2) is 41.8 Å². The molecule has 0 spiro atoms. The number of nitrogens with one attached hydrogen (secondary N) is 1. The predicted octanol–water partition coefficient (Wildman–Crippen LogP) is 2.38. The molecule has 1 N–H and O–H groups in total. The van der Waals surface area contributed by atoms with E-state index in [-0.39, 0.29) is 28.4 Å². The third-order valence-electron chi connectivity index (χ3n) is 5.32. The van der Waals surface area contributed by atoms with Crippen molar-refractivity contribution in [3.8, 4) is 5.75 Å². The SMILES string of the molecule is COc1ccc(C(=O)NCCCn2ccnc2)cc1S(=O)(=O)N1CC(C)CC(C)C1. The molecule has 0 saturated carbocycles. The quantitative estimate of drug-likeness (QED) is 0.644. The van der Waals surface area contributed by atoms with E-state index in [4.69, 9.17) is 4.74 Å². The second-order valence-electron chi connectivity index (χ2n) is 8.04. The van der Waals surface area contributed by atoms with Crippen molar-refractivity contribution in [3.05, 3.63) is 42.5 Å². The highest BCUT2D eigenvalue weighted by Crippen LogP contribution is 2.32. The standard InChI is InChI=1S/C21H30N4O4S/c1-16-11-17(2)14-25(13-16)30(27,28)20-12-18(5-6-19(20)29-3)21(26)23-7-4-9-24-10-8-22-15-24/h5-6,8,10,12,15-17H,4,7,9,11,13-14H2,1-3H3,(H,23,26). The van der Waals surface area contributed by atoms with Crippen molar-refractivity contribution in [1.82, 2.24) is 19.2 Å². The van der Waals surface area contributed by atoms with Crippen LogP contribution in [0.3, 0.4) is 0 Å². The van der Waals surface area contributed by atoms with Gasteiger partial charge in [-0.3, -0.25) is 4.79 Å². The van der Waals surface area contributed by atoms with Crippen LogP contribution in [-0.2, 0) is 16.6 Å². The van der Waals surface area contributed by atoms with E-state index in [1.165, 1.54) is 17.5 Å². The van der Waals surface area contributed by atoms with Crippen LogP contribution in [-0.4, -0.2) is 54.9 Å². The van der Waals surface area contributed by atoms with Gasteiger partial charge in [0.2, 0.25) is 10.0 Å². The Bertz CT molecular complexity index is 949. The first-order valence-electron chi connectivity index (χ1n) is 10.2. The number of rotatable bonds is 8. The van der Waals surface area contributed by atoms with Crippen molar-refractivity contribution in [1.29, 1.82) is 0 Å². The molecule has 1 aliphatic heterocycles. The van der Waals surface area contributed by atoms with Crippen LogP contribution < -0.4 is 10.1 Å². The maximum absolute atomic E-state index is 13.3. The molecule has 1 aliphatic rings. The molecule has 1 fully saturated rings. The maximum atomic E-state index is 13.3. The molecule has 2 atom stereocenters. The molecular formula is C21H30N4O4S. The molecule has 9 heteroatoms. The molecule has 2 heterocycles. The summed E-state index contributed by atoms with van der Waals surface area (Å²) in [6, 6.07) is 4.55. The maximum Gasteiger partial charge on any atom is 0.251 e. The summed E-state index contributed by atoms with van der Waals surface area (Å²) in [4.78, 5) is 16.6. The molecule has 1 saturated heterocycles. The van der Waals surface area contributed by atoms with Gasteiger partial charge in [0.15, 0.2) is 0 Å². The van der Waals surface area contributed by atoms with Gasteiger partial charge in [-0.05, 0) is 42.9 Å². The highest BCUT2D eigenvalue weighted by atomic mass is 32.2. The Morgan fingerprint density at radius 1 is 1.27 bits per heavy atom. The molecule has 3 rings (SSSR count). The second kappa shape index (κ2) is 9.61. The third kappa shape index (κ3) is 5.20. The molecule has 2 unspecified atom stereocenters. The van der Waals surface area contributed by atoms with Gasteiger partial charge < -0.3 is 14.6 Å². The van der Waals surface area contributed by atoms with Gasteiger partial charge in [0, 0.05) is 44.1 Å². The van der Waals surface area contributed by atoms with E-state index in [2.05, 4.69) is 24.1 Å². The number of hydrogen-bond acceptors (Lipinski definition) is 5. The van der Waals surface area contributed by atoms with E-state index < -0.39 is 10.0 Å². The molecule has 164 valence electrons. The molecule has 0 radical (unpaired) electrons. The molecule has 0 bridgehead atoms. The van der Waals surface area contributed by atoms with Gasteiger partial charge in [-0.1, -0.05) is 13.8 Å². The average molecular weight is 435 g/mol. The zero-order valence-electron chi connectivity index (χ0n) is 17.7. The summed E-state index contributed by atoms with van der Waals surface area (Å²) >= 11 is 0. The summed E-state index contributed by atoms with van der Waals surface area (Å²) in [6.45, 7) is 6.29. The van der Waals surface area contributed by atoms with Crippen molar-refractivity contribution < 1.29 is 17.9 Å². The van der Waals surface area contributed by atoms with Crippen LogP contribution >= 0.6 is 0 Å². The first kappa shape index (κ1) is 22.3. The lowest BCUT2D eigenvalue weighted by molar-refractivity contribution is 0.0952. The summed E-state index contributed by atoms with van der Waals surface area (Å²) in [7, 11) is -2.33. The Kier molecular flexibility index (Phi) is 7.14. The van der Waals surface area contributed by atoms with Crippen molar-refractivity contribution in [2.75, 3.05) is 26.7 Å². The Hall–Kier alpha value is -2.39. The minimum atomic E-state index is -3.76. The fraction of sp³-hybridized carbons (Fsp3) is 0.524. The van der Waals surface area contributed by atoms with Crippen molar-refractivity contribution in [2.45, 2.75) is 38.1 Å². The zero-order chi connectivity index (χ0) is 21.7. The Labute approximate surface area is 178 Å². The number of benzene rings is 1. The summed E-state index contributed by atoms with van der Waals surface area (Å²) in [5.41, 5.74) is 0.301. The number of piperidine rings is 1. The minimum Gasteiger partial charge on any atom is -0.495 e. The summed E-state index contributed by atoms with van der Waals surface area (Å²) < 4.78 is 35.4. The largest absolute Gasteiger partial charge is 0.495 e. The second-order valence-corrected chi connectivity index (χ2v) is 9.95. The lowest BCUT2D eigenvalue weighted by Gasteiger charge is -2.34. The fourth-order valence-corrected chi connectivity index (χ4v) is 5.81. The van der Waals surface area contributed by atoms with Crippen LogP contribution in [0.2, 0.25) is 0 Å². The Balaban J connectivity index is 1.73. The third-order valence-corrected chi connectivity index (χ3v) is 7.17. The van der Waals surface area contributed by atoms with E-state index in [0.29, 0.717) is 25.2 Å². The summed E-state index contributed by atoms with van der Waals surface area (Å²) in [6.07, 6.45) is 7.05. The fourth-order valence-electron chi connectivity index (χ4n) is 3.95. The Morgan fingerprint density at radius 2 is 2.00 bits per heavy atom. The van der Waals surface area contributed by atoms with Crippen LogP contribution in [0.25, 0.3) is 0 Å². The number of hydrogen-bond donors (Lipinski definition) is 1. The first-order chi connectivity index (χ1) is 14.3. The van der Waals surface area contributed by atoms with Gasteiger partial charge in [-0.2, -0.15) is 4.31 Å². The molecule has 0 aliphatic carbocycles. The molecular weight excluding hydrogens is 404 g/mol. The number of nitrogens with zero attached hydrogens (tertiary/aromatic N) is 3. The number of methoxy groups -OCH3 is 1. The number of aromatic nitrogens is 2. The van der Waals surface area contributed by atoms with E-state index in [9.17, 15) is 13.2 Å². The van der Waals surface area contributed by atoms with Gasteiger partial charge >= 0.3 is 0 Å². The van der Waals surface area contributed by atoms with Crippen molar-refractivity contribution in [3.63, 3.8) is 0 Å². The highest BCUT2D eigenvalue weighted by molar-refractivity contribution is 7.89. The normalized spacial score (nSPS) is 20.1. The highest BCUT2D eigenvalue weighted by Gasteiger charge is 2.34. The number of carbonyl (C=O) groups is 1. The number of aryl methyl sites for hydroxylation is 1. The zero-order valence-corrected chi connectivity index (χ0v) is 18.6. The Morgan fingerprint density at radius 3 is 2.63 bits per heavy atom. The van der Waals surface area contributed by atoms with Gasteiger partial charge in [-0.25, -0.2) is 13.4 Å².